The maximum absolute atomic E-state index is 5.82. The van der Waals surface area contributed by atoms with Crippen LogP contribution in [-0.4, -0.2) is 6.04 Å². The average molecular weight is 163 g/mol. The Hall–Kier alpha value is -0.820. The smallest absolute Gasteiger partial charge is 0.00393 e. The van der Waals surface area contributed by atoms with Crippen molar-refractivity contribution in [2.24, 2.45) is 5.73 Å². The van der Waals surface area contributed by atoms with Gasteiger partial charge < -0.3 is 5.73 Å². The lowest BCUT2D eigenvalue weighted by Gasteiger charge is -2.07. The molecule has 1 nitrogen and oxygen atoms in total. The van der Waals surface area contributed by atoms with Gasteiger partial charge in [-0.05, 0) is 24.8 Å². The first kappa shape index (κ1) is 9.27. The van der Waals surface area contributed by atoms with Crippen molar-refractivity contribution in [1.29, 1.82) is 0 Å². The van der Waals surface area contributed by atoms with Crippen molar-refractivity contribution in [3.05, 3.63) is 35.9 Å². The second-order valence-corrected chi connectivity index (χ2v) is 3.19. The van der Waals surface area contributed by atoms with Gasteiger partial charge in [0.2, 0.25) is 0 Å². The molecule has 0 aliphatic carbocycles. The molecule has 0 unspecified atom stereocenters. The molecule has 0 saturated heterocycles. The topological polar surface area (TPSA) is 26.0 Å². The third-order valence-electron chi connectivity index (χ3n) is 2.17. The fraction of sp³-hybridized carbons (Fsp3) is 0.455. The number of aryl methyl sites for hydroxylation is 1. The van der Waals surface area contributed by atoms with E-state index < -0.39 is 0 Å². The Morgan fingerprint density at radius 2 is 1.92 bits per heavy atom. The number of rotatable bonds is 4. The molecule has 0 heterocycles. The maximum atomic E-state index is 5.82. The van der Waals surface area contributed by atoms with Crippen LogP contribution in [0.15, 0.2) is 30.3 Å². The predicted molar refractivity (Wildman–Crippen MR) is 53.0 cm³/mol. The minimum absolute atomic E-state index is 0.366. The van der Waals surface area contributed by atoms with Crippen molar-refractivity contribution in [2.75, 3.05) is 0 Å². The summed E-state index contributed by atoms with van der Waals surface area (Å²) < 4.78 is 0. The third-order valence-corrected chi connectivity index (χ3v) is 2.17. The quantitative estimate of drug-likeness (QED) is 0.724. The van der Waals surface area contributed by atoms with Crippen LogP contribution in [0, 0.1) is 0 Å². The van der Waals surface area contributed by atoms with Crippen molar-refractivity contribution in [1.82, 2.24) is 0 Å². The van der Waals surface area contributed by atoms with Gasteiger partial charge in [0.15, 0.2) is 0 Å². The molecular weight excluding hydrogens is 146 g/mol. The number of hydrogen-bond acceptors (Lipinski definition) is 1. The highest BCUT2D eigenvalue weighted by molar-refractivity contribution is 5.14. The molecule has 0 spiro atoms. The molecule has 2 N–H and O–H groups in total. The zero-order chi connectivity index (χ0) is 8.81. The highest BCUT2D eigenvalue weighted by Gasteiger charge is 1.98. The van der Waals surface area contributed by atoms with Crippen LogP contribution in [0.5, 0.6) is 0 Å². The van der Waals surface area contributed by atoms with E-state index in [0.717, 1.165) is 19.3 Å². The number of nitrogens with two attached hydrogens (primary N) is 1. The Kier molecular flexibility index (Phi) is 3.81. The van der Waals surface area contributed by atoms with Crippen molar-refractivity contribution >= 4 is 0 Å². The summed E-state index contributed by atoms with van der Waals surface area (Å²) in [6, 6.07) is 10.9. The number of hydrogen-bond donors (Lipinski definition) is 1. The highest BCUT2D eigenvalue weighted by atomic mass is 14.6. The molecule has 1 aromatic rings. The van der Waals surface area contributed by atoms with Gasteiger partial charge in [-0.15, -0.1) is 0 Å². The molecule has 0 fully saturated rings. The van der Waals surface area contributed by atoms with Gasteiger partial charge in [0, 0.05) is 6.04 Å². The lowest BCUT2D eigenvalue weighted by molar-refractivity contribution is 0.596. The van der Waals surface area contributed by atoms with Crippen molar-refractivity contribution in [3.8, 4) is 0 Å². The van der Waals surface area contributed by atoms with E-state index in [2.05, 4.69) is 31.2 Å². The molecule has 12 heavy (non-hydrogen) atoms. The van der Waals surface area contributed by atoms with Crippen LogP contribution in [-0.2, 0) is 6.42 Å². The lowest BCUT2D eigenvalue weighted by Crippen LogP contribution is -2.18. The van der Waals surface area contributed by atoms with Crippen LogP contribution in [0.4, 0.5) is 0 Å². The normalized spacial score (nSPS) is 12.8. The molecule has 0 aliphatic heterocycles. The first-order valence-corrected chi connectivity index (χ1v) is 4.62. The van der Waals surface area contributed by atoms with E-state index in [1.807, 2.05) is 6.07 Å². The summed E-state index contributed by atoms with van der Waals surface area (Å²) in [4.78, 5) is 0. The van der Waals surface area contributed by atoms with Crippen LogP contribution >= 0.6 is 0 Å². The number of benzene rings is 1. The summed E-state index contributed by atoms with van der Waals surface area (Å²) >= 11 is 0. The van der Waals surface area contributed by atoms with Crippen LogP contribution in [0.25, 0.3) is 0 Å². The van der Waals surface area contributed by atoms with E-state index >= 15 is 0 Å². The summed E-state index contributed by atoms with van der Waals surface area (Å²) in [5, 5.41) is 0. The average Bonchev–Trinajstić information content (AvgIpc) is 2.16. The van der Waals surface area contributed by atoms with E-state index in [0.29, 0.717) is 6.04 Å². The summed E-state index contributed by atoms with van der Waals surface area (Å²) in [5.74, 6) is 0. The van der Waals surface area contributed by atoms with Gasteiger partial charge in [-0.2, -0.15) is 0 Å². The van der Waals surface area contributed by atoms with Crippen LogP contribution in [0.3, 0.4) is 0 Å². The lowest BCUT2D eigenvalue weighted by atomic mass is 10.0. The van der Waals surface area contributed by atoms with Crippen LogP contribution < -0.4 is 5.73 Å². The summed E-state index contributed by atoms with van der Waals surface area (Å²) in [5.41, 5.74) is 7.21. The largest absolute Gasteiger partial charge is 0.328 e. The molecule has 66 valence electrons. The fourth-order valence-corrected chi connectivity index (χ4v) is 1.20. The molecule has 0 bridgehead atoms. The summed E-state index contributed by atoms with van der Waals surface area (Å²) in [6.07, 6.45) is 3.28. The maximum Gasteiger partial charge on any atom is 0.00393 e. The monoisotopic (exact) mass is 163 g/mol. The zero-order valence-electron chi connectivity index (χ0n) is 7.66. The van der Waals surface area contributed by atoms with Gasteiger partial charge >= 0.3 is 0 Å². The fourth-order valence-electron chi connectivity index (χ4n) is 1.20. The van der Waals surface area contributed by atoms with Gasteiger partial charge in [0.25, 0.3) is 0 Å². The molecule has 0 amide bonds. The molecular formula is C11H17N. The first-order valence-electron chi connectivity index (χ1n) is 4.62. The van der Waals surface area contributed by atoms with Crippen molar-refractivity contribution < 1.29 is 0 Å². The predicted octanol–water partition coefficient (Wildman–Crippen LogP) is 2.36. The van der Waals surface area contributed by atoms with Crippen molar-refractivity contribution in [3.63, 3.8) is 0 Å². The van der Waals surface area contributed by atoms with E-state index in [9.17, 15) is 0 Å². The standard InChI is InChI=1S/C11H17N/c1-2-11(12)9-8-10-6-4-3-5-7-10/h3-7,11H,2,8-9,12H2,1H3/t11-/m0/s1. The Bertz CT molecular complexity index is 206. The molecule has 0 aliphatic rings. The van der Waals surface area contributed by atoms with E-state index in [1.165, 1.54) is 5.56 Å². The van der Waals surface area contributed by atoms with Gasteiger partial charge in [-0.25, -0.2) is 0 Å². The second-order valence-electron chi connectivity index (χ2n) is 3.19. The Morgan fingerprint density at radius 3 is 2.50 bits per heavy atom. The summed E-state index contributed by atoms with van der Waals surface area (Å²) in [6.45, 7) is 2.13. The molecule has 0 saturated carbocycles. The van der Waals surface area contributed by atoms with Gasteiger partial charge in [0.1, 0.15) is 0 Å². The zero-order valence-corrected chi connectivity index (χ0v) is 7.66. The minimum Gasteiger partial charge on any atom is -0.328 e. The van der Waals surface area contributed by atoms with E-state index in [1.54, 1.807) is 0 Å². The SMILES string of the molecule is CC[C@H](N)CCc1ccccc1. The molecule has 1 rings (SSSR count). The van der Waals surface area contributed by atoms with Crippen LogP contribution in [0.2, 0.25) is 0 Å². The Balaban J connectivity index is 2.33. The molecule has 1 heteroatoms. The van der Waals surface area contributed by atoms with Crippen LogP contribution in [0.1, 0.15) is 25.3 Å². The third kappa shape index (κ3) is 3.05. The molecule has 1 atom stereocenters. The van der Waals surface area contributed by atoms with Gasteiger partial charge in [-0.3, -0.25) is 0 Å². The molecule has 0 aromatic heterocycles. The van der Waals surface area contributed by atoms with Crippen molar-refractivity contribution in [2.45, 2.75) is 32.2 Å². The first-order chi connectivity index (χ1) is 5.83. The van der Waals surface area contributed by atoms with E-state index in [-0.39, 0.29) is 0 Å². The second kappa shape index (κ2) is 4.94. The van der Waals surface area contributed by atoms with Gasteiger partial charge in [-0.1, -0.05) is 37.3 Å². The molecule has 0 radical (unpaired) electrons. The minimum atomic E-state index is 0.366. The Morgan fingerprint density at radius 1 is 1.25 bits per heavy atom. The Labute approximate surface area is 74.6 Å². The highest BCUT2D eigenvalue weighted by Crippen LogP contribution is 2.04. The van der Waals surface area contributed by atoms with Gasteiger partial charge in [0.05, 0.1) is 0 Å². The molecule has 1 aromatic carbocycles. The summed E-state index contributed by atoms with van der Waals surface area (Å²) in [7, 11) is 0. The van der Waals surface area contributed by atoms with E-state index in [4.69, 9.17) is 5.73 Å².